The molecule has 6 heteroatoms. The molecule has 0 fully saturated rings. The zero-order valence-corrected chi connectivity index (χ0v) is 11.0. The minimum absolute atomic E-state index is 0.122. The summed E-state index contributed by atoms with van der Waals surface area (Å²) >= 11 is 0. The van der Waals surface area contributed by atoms with E-state index in [2.05, 4.69) is 10.3 Å². The van der Waals surface area contributed by atoms with Crippen LogP contribution >= 0.6 is 0 Å². The molecule has 1 heterocycles. The van der Waals surface area contributed by atoms with Gasteiger partial charge >= 0.3 is 5.97 Å². The molecule has 1 amide bonds. The van der Waals surface area contributed by atoms with Crippen LogP contribution in [0.5, 0.6) is 0 Å². The van der Waals surface area contributed by atoms with Crippen molar-refractivity contribution in [2.45, 2.75) is 18.9 Å². The number of benzene rings is 1. The summed E-state index contributed by atoms with van der Waals surface area (Å²) in [5, 5.41) is 21.9. The SMILES string of the molecule is CC(O)(CNC(=O)c1ccc2[nH]ccc2c1)CC(=O)O. The van der Waals surface area contributed by atoms with Crippen LogP contribution in [0.4, 0.5) is 0 Å². The summed E-state index contributed by atoms with van der Waals surface area (Å²) in [4.78, 5) is 25.6. The molecule has 1 atom stereocenters. The van der Waals surface area contributed by atoms with Crippen molar-refractivity contribution in [3.05, 3.63) is 36.0 Å². The second-order valence-electron chi connectivity index (χ2n) is 5.03. The first-order chi connectivity index (χ1) is 9.37. The number of carbonyl (C=O) groups is 2. The molecule has 0 saturated carbocycles. The summed E-state index contributed by atoms with van der Waals surface area (Å²) in [5.41, 5.74) is -0.0812. The van der Waals surface area contributed by atoms with Crippen LogP contribution in [-0.4, -0.2) is 39.2 Å². The second kappa shape index (κ2) is 5.34. The average molecular weight is 276 g/mol. The van der Waals surface area contributed by atoms with Gasteiger partial charge in [-0.3, -0.25) is 9.59 Å². The van der Waals surface area contributed by atoms with E-state index in [1.165, 1.54) is 6.92 Å². The quantitative estimate of drug-likeness (QED) is 0.657. The largest absolute Gasteiger partial charge is 0.481 e. The third-order valence-electron chi connectivity index (χ3n) is 2.98. The Kier molecular flexibility index (Phi) is 3.76. The Morgan fingerprint density at radius 2 is 2.10 bits per heavy atom. The molecule has 0 aliphatic rings. The first kappa shape index (κ1) is 14.1. The average Bonchev–Trinajstić information content (AvgIpc) is 2.81. The Morgan fingerprint density at radius 1 is 1.35 bits per heavy atom. The van der Waals surface area contributed by atoms with E-state index >= 15 is 0 Å². The molecular formula is C14H16N2O4. The zero-order chi connectivity index (χ0) is 14.8. The van der Waals surface area contributed by atoms with E-state index in [0.717, 1.165) is 10.9 Å². The fourth-order valence-electron chi connectivity index (χ4n) is 1.96. The standard InChI is InChI=1S/C14H16N2O4/c1-14(20,7-12(17)18)8-16-13(19)10-2-3-11-9(6-10)4-5-15-11/h2-6,15,20H,7-8H2,1H3,(H,16,19)(H,17,18). The smallest absolute Gasteiger partial charge is 0.306 e. The van der Waals surface area contributed by atoms with Crippen LogP contribution in [0.2, 0.25) is 0 Å². The molecule has 4 N–H and O–H groups in total. The second-order valence-corrected chi connectivity index (χ2v) is 5.03. The van der Waals surface area contributed by atoms with Gasteiger partial charge in [0.05, 0.1) is 12.0 Å². The first-order valence-electron chi connectivity index (χ1n) is 6.17. The maximum absolute atomic E-state index is 12.0. The number of aromatic amines is 1. The summed E-state index contributed by atoms with van der Waals surface area (Å²) in [7, 11) is 0. The number of aliphatic carboxylic acids is 1. The minimum Gasteiger partial charge on any atom is -0.481 e. The van der Waals surface area contributed by atoms with Crippen molar-refractivity contribution in [1.29, 1.82) is 0 Å². The number of aromatic nitrogens is 1. The number of carboxylic acid groups (broad SMARTS) is 1. The fourth-order valence-corrected chi connectivity index (χ4v) is 1.96. The Balaban J connectivity index is 2.02. The highest BCUT2D eigenvalue weighted by atomic mass is 16.4. The van der Waals surface area contributed by atoms with Crippen LogP contribution in [0.25, 0.3) is 10.9 Å². The van der Waals surface area contributed by atoms with E-state index < -0.39 is 18.0 Å². The number of carbonyl (C=O) groups excluding carboxylic acids is 1. The molecule has 6 nitrogen and oxygen atoms in total. The van der Waals surface area contributed by atoms with Gasteiger partial charge in [-0.25, -0.2) is 0 Å². The number of hydrogen-bond acceptors (Lipinski definition) is 3. The predicted molar refractivity (Wildman–Crippen MR) is 73.5 cm³/mol. The maximum Gasteiger partial charge on any atom is 0.306 e. The third kappa shape index (κ3) is 3.36. The van der Waals surface area contributed by atoms with Gasteiger partial charge < -0.3 is 20.5 Å². The van der Waals surface area contributed by atoms with E-state index in [4.69, 9.17) is 5.11 Å². The lowest BCUT2D eigenvalue weighted by Crippen LogP contribution is -2.42. The molecule has 106 valence electrons. The van der Waals surface area contributed by atoms with Crippen LogP contribution in [0.1, 0.15) is 23.7 Å². The number of H-pyrrole nitrogens is 1. The molecule has 0 aliphatic heterocycles. The topological polar surface area (TPSA) is 102 Å². The number of nitrogens with one attached hydrogen (secondary N) is 2. The van der Waals surface area contributed by atoms with E-state index in [-0.39, 0.29) is 12.5 Å². The molecular weight excluding hydrogens is 260 g/mol. The van der Waals surface area contributed by atoms with Crippen molar-refractivity contribution >= 4 is 22.8 Å². The van der Waals surface area contributed by atoms with Crippen molar-refractivity contribution in [2.24, 2.45) is 0 Å². The Labute approximate surface area is 115 Å². The molecule has 20 heavy (non-hydrogen) atoms. The molecule has 0 radical (unpaired) electrons. The Bertz CT molecular complexity index is 645. The highest BCUT2D eigenvalue weighted by Crippen LogP contribution is 2.14. The number of carboxylic acids is 1. The molecule has 0 saturated heterocycles. The van der Waals surface area contributed by atoms with Gasteiger partial charge in [0.25, 0.3) is 5.91 Å². The number of amides is 1. The Morgan fingerprint density at radius 3 is 2.80 bits per heavy atom. The van der Waals surface area contributed by atoms with E-state index in [9.17, 15) is 14.7 Å². The van der Waals surface area contributed by atoms with Gasteiger partial charge in [-0.1, -0.05) is 0 Å². The van der Waals surface area contributed by atoms with Crippen molar-refractivity contribution in [1.82, 2.24) is 10.3 Å². The van der Waals surface area contributed by atoms with E-state index in [1.54, 1.807) is 24.4 Å². The van der Waals surface area contributed by atoms with Crippen LogP contribution in [0.15, 0.2) is 30.5 Å². The monoisotopic (exact) mass is 276 g/mol. The van der Waals surface area contributed by atoms with Crippen LogP contribution in [0.3, 0.4) is 0 Å². The molecule has 1 unspecified atom stereocenters. The summed E-state index contributed by atoms with van der Waals surface area (Å²) < 4.78 is 0. The normalized spacial score (nSPS) is 13.9. The third-order valence-corrected chi connectivity index (χ3v) is 2.98. The summed E-state index contributed by atoms with van der Waals surface area (Å²) in [6.07, 6.45) is 1.36. The summed E-state index contributed by atoms with van der Waals surface area (Å²) in [6, 6.07) is 7.04. The van der Waals surface area contributed by atoms with Gasteiger partial charge in [0, 0.05) is 29.2 Å². The van der Waals surface area contributed by atoms with Gasteiger partial charge in [0.2, 0.25) is 0 Å². The predicted octanol–water partition coefficient (Wildman–Crippen LogP) is 1.12. The number of rotatable bonds is 5. The van der Waals surface area contributed by atoms with Crippen molar-refractivity contribution < 1.29 is 19.8 Å². The zero-order valence-electron chi connectivity index (χ0n) is 11.0. The van der Waals surface area contributed by atoms with Crippen molar-refractivity contribution in [2.75, 3.05) is 6.54 Å². The van der Waals surface area contributed by atoms with Gasteiger partial charge in [-0.05, 0) is 31.2 Å². The summed E-state index contributed by atoms with van der Waals surface area (Å²) in [6.45, 7) is 1.25. The maximum atomic E-state index is 12.0. The van der Waals surface area contributed by atoms with Crippen molar-refractivity contribution in [3.8, 4) is 0 Å². The van der Waals surface area contributed by atoms with E-state index in [1.807, 2.05) is 6.07 Å². The van der Waals surface area contributed by atoms with Crippen LogP contribution in [0, 0.1) is 0 Å². The van der Waals surface area contributed by atoms with E-state index in [0.29, 0.717) is 5.56 Å². The number of hydrogen-bond donors (Lipinski definition) is 4. The molecule has 1 aromatic carbocycles. The summed E-state index contributed by atoms with van der Waals surface area (Å²) in [5.74, 6) is -1.46. The molecule has 0 bridgehead atoms. The van der Waals surface area contributed by atoms with Crippen LogP contribution < -0.4 is 5.32 Å². The molecule has 2 rings (SSSR count). The minimum atomic E-state index is -1.47. The number of fused-ring (bicyclic) bond motifs is 1. The van der Waals surface area contributed by atoms with Crippen LogP contribution in [-0.2, 0) is 4.79 Å². The molecule has 1 aromatic heterocycles. The van der Waals surface area contributed by atoms with Gasteiger partial charge in [-0.2, -0.15) is 0 Å². The van der Waals surface area contributed by atoms with Gasteiger partial charge in [0.15, 0.2) is 0 Å². The van der Waals surface area contributed by atoms with Gasteiger partial charge in [0.1, 0.15) is 0 Å². The molecule has 0 aliphatic carbocycles. The van der Waals surface area contributed by atoms with Crippen molar-refractivity contribution in [3.63, 3.8) is 0 Å². The lowest BCUT2D eigenvalue weighted by molar-refractivity contribution is -0.141. The lowest BCUT2D eigenvalue weighted by atomic mass is 10.0. The lowest BCUT2D eigenvalue weighted by Gasteiger charge is -2.21. The fraction of sp³-hybridized carbons (Fsp3) is 0.286. The van der Waals surface area contributed by atoms with Gasteiger partial charge in [-0.15, -0.1) is 0 Å². The molecule has 0 spiro atoms. The first-order valence-corrected chi connectivity index (χ1v) is 6.17. The molecule has 2 aromatic rings. The highest BCUT2D eigenvalue weighted by molar-refractivity contribution is 5.98. The highest BCUT2D eigenvalue weighted by Gasteiger charge is 2.25. The Hall–Kier alpha value is -2.34. The number of aliphatic hydroxyl groups is 1.